The first kappa shape index (κ1) is 14.6. The lowest BCUT2D eigenvalue weighted by atomic mass is 10.2. The Morgan fingerprint density at radius 2 is 2.00 bits per heavy atom. The van der Waals surface area contributed by atoms with Crippen molar-refractivity contribution >= 4 is 11.6 Å². The molecule has 4 nitrogen and oxygen atoms in total. The summed E-state index contributed by atoms with van der Waals surface area (Å²) in [5, 5.41) is 11.4. The van der Waals surface area contributed by atoms with Gasteiger partial charge in [0.25, 0.3) is 5.91 Å². The molecule has 0 atom stereocenters. The number of benzene rings is 2. The van der Waals surface area contributed by atoms with Crippen LogP contribution in [0.1, 0.15) is 11.1 Å². The van der Waals surface area contributed by atoms with Gasteiger partial charge in [-0.15, -0.1) is 0 Å². The van der Waals surface area contributed by atoms with E-state index >= 15 is 0 Å². The molecular weight excluding hydrogens is 264 g/mol. The maximum atomic E-state index is 11.8. The predicted molar refractivity (Wildman–Crippen MR) is 81.1 cm³/mol. The van der Waals surface area contributed by atoms with Crippen molar-refractivity contribution in [2.75, 3.05) is 11.9 Å². The molecule has 0 heterocycles. The third-order valence-corrected chi connectivity index (χ3v) is 2.88. The van der Waals surface area contributed by atoms with E-state index in [1.54, 1.807) is 12.1 Å². The first-order chi connectivity index (χ1) is 10.2. The fourth-order valence-electron chi connectivity index (χ4n) is 1.86. The normalized spacial score (nSPS) is 9.71. The van der Waals surface area contributed by atoms with Crippen LogP contribution < -0.4 is 10.1 Å². The van der Waals surface area contributed by atoms with Gasteiger partial charge in [0.1, 0.15) is 5.75 Å². The van der Waals surface area contributed by atoms with Crippen molar-refractivity contribution in [1.29, 1.82) is 5.26 Å². The van der Waals surface area contributed by atoms with Crippen LogP contribution in [0.2, 0.25) is 0 Å². The molecule has 0 spiro atoms. The maximum absolute atomic E-state index is 11.8. The van der Waals surface area contributed by atoms with Gasteiger partial charge in [0.15, 0.2) is 6.61 Å². The van der Waals surface area contributed by atoms with E-state index in [1.807, 2.05) is 43.3 Å². The van der Waals surface area contributed by atoms with Crippen LogP contribution in [0.25, 0.3) is 0 Å². The molecule has 0 radical (unpaired) electrons. The first-order valence-electron chi connectivity index (χ1n) is 6.62. The molecule has 2 aromatic rings. The number of hydrogen-bond donors (Lipinski definition) is 1. The van der Waals surface area contributed by atoms with Crippen molar-refractivity contribution in [2.45, 2.75) is 13.3 Å². The molecular formula is C17H16N2O2. The number of nitrogens with one attached hydrogen (secondary N) is 1. The summed E-state index contributed by atoms with van der Waals surface area (Å²) in [6.45, 7) is 1.92. The van der Waals surface area contributed by atoms with Crippen LogP contribution in [0.4, 0.5) is 5.69 Å². The Labute approximate surface area is 124 Å². The van der Waals surface area contributed by atoms with E-state index in [1.165, 1.54) is 0 Å². The Balaban J connectivity index is 1.85. The van der Waals surface area contributed by atoms with Gasteiger partial charge in [-0.25, -0.2) is 0 Å². The number of nitrogens with zero attached hydrogens (tertiary/aromatic N) is 1. The summed E-state index contributed by atoms with van der Waals surface area (Å²) in [6.07, 6.45) is 0.369. The average Bonchev–Trinajstić information content (AvgIpc) is 2.47. The first-order valence-corrected chi connectivity index (χ1v) is 6.62. The number of ether oxygens (including phenoxy) is 1. The Kier molecular flexibility index (Phi) is 4.94. The smallest absolute Gasteiger partial charge is 0.262 e. The zero-order valence-corrected chi connectivity index (χ0v) is 11.8. The molecule has 0 aliphatic heterocycles. The molecule has 0 saturated heterocycles. The monoisotopic (exact) mass is 280 g/mol. The number of aryl methyl sites for hydroxylation is 1. The SMILES string of the molecule is Cc1cccc(NC(=O)COc2ccc(CC#N)cc2)c1. The largest absolute Gasteiger partial charge is 0.484 e. The summed E-state index contributed by atoms with van der Waals surface area (Å²) < 4.78 is 5.41. The van der Waals surface area contributed by atoms with Crippen LogP contribution in [0.15, 0.2) is 48.5 Å². The van der Waals surface area contributed by atoms with Gasteiger partial charge in [-0.05, 0) is 42.3 Å². The van der Waals surface area contributed by atoms with Gasteiger partial charge in [-0.1, -0.05) is 24.3 Å². The van der Waals surface area contributed by atoms with Crippen molar-refractivity contribution in [3.63, 3.8) is 0 Å². The third-order valence-electron chi connectivity index (χ3n) is 2.88. The van der Waals surface area contributed by atoms with Crippen molar-refractivity contribution in [3.8, 4) is 11.8 Å². The van der Waals surface area contributed by atoms with Crippen LogP contribution in [0.3, 0.4) is 0 Å². The number of carbonyl (C=O) groups excluding carboxylic acids is 1. The van der Waals surface area contributed by atoms with Crippen LogP contribution >= 0.6 is 0 Å². The van der Waals surface area contributed by atoms with E-state index in [0.29, 0.717) is 12.2 Å². The predicted octanol–water partition coefficient (Wildman–Crippen LogP) is 3.08. The summed E-state index contributed by atoms with van der Waals surface area (Å²) in [7, 11) is 0. The van der Waals surface area contributed by atoms with Gasteiger partial charge in [0, 0.05) is 5.69 Å². The highest BCUT2D eigenvalue weighted by molar-refractivity contribution is 5.91. The zero-order chi connectivity index (χ0) is 15.1. The molecule has 21 heavy (non-hydrogen) atoms. The Morgan fingerprint density at radius 1 is 1.24 bits per heavy atom. The summed E-state index contributed by atoms with van der Waals surface area (Å²) >= 11 is 0. The fourth-order valence-corrected chi connectivity index (χ4v) is 1.86. The van der Waals surface area contributed by atoms with Crippen LogP contribution in [-0.4, -0.2) is 12.5 Å². The second kappa shape index (κ2) is 7.11. The molecule has 0 fully saturated rings. The number of nitriles is 1. The maximum Gasteiger partial charge on any atom is 0.262 e. The molecule has 0 unspecified atom stereocenters. The second-order valence-electron chi connectivity index (χ2n) is 4.69. The van der Waals surface area contributed by atoms with Gasteiger partial charge < -0.3 is 10.1 Å². The molecule has 0 bridgehead atoms. The topological polar surface area (TPSA) is 62.1 Å². The molecule has 1 N–H and O–H groups in total. The third kappa shape index (κ3) is 4.66. The molecule has 2 rings (SSSR count). The number of hydrogen-bond acceptors (Lipinski definition) is 3. The van der Waals surface area contributed by atoms with E-state index < -0.39 is 0 Å². The Morgan fingerprint density at radius 3 is 2.67 bits per heavy atom. The number of rotatable bonds is 5. The van der Waals surface area contributed by atoms with E-state index in [0.717, 1.165) is 16.8 Å². The van der Waals surface area contributed by atoms with Gasteiger partial charge >= 0.3 is 0 Å². The average molecular weight is 280 g/mol. The molecule has 106 valence electrons. The van der Waals surface area contributed by atoms with Crippen molar-refractivity contribution < 1.29 is 9.53 Å². The zero-order valence-electron chi connectivity index (χ0n) is 11.8. The summed E-state index contributed by atoms with van der Waals surface area (Å²) in [4.78, 5) is 11.8. The minimum Gasteiger partial charge on any atom is -0.484 e. The summed E-state index contributed by atoms with van der Waals surface area (Å²) in [5.41, 5.74) is 2.77. The van der Waals surface area contributed by atoms with Crippen LogP contribution in [0, 0.1) is 18.3 Å². The van der Waals surface area contributed by atoms with E-state index in [9.17, 15) is 4.79 Å². The van der Waals surface area contributed by atoms with Gasteiger partial charge in [0.05, 0.1) is 12.5 Å². The number of anilines is 1. The quantitative estimate of drug-likeness (QED) is 0.915. The Bertz CT molecular complexity index is 657. The van der Waals surface area contributed by atoms with Gasteiger partial charge in [-0.3, -0.25) is 4.79 Å². The standard InChI is InChI=1S/C17H16N2O2/c1-13-3-2-4-15(11-13)19-17(20)12-21-16-7-5-14(6-8-16)9-10-18/h2-8,11H,9,12H2,1H3,(H,19,20). The lowest BCUT2D eigenvalue weighted by Gasteiger charge is -2.08. The molecule has 2 aromatic carbocycles. The van der Waals surface area contributed by atoms with Crippen molar-refractivity contribution in [2.24, 2.45) is 0 Å². The lowest BCUT2D eigenvalue weighted by Crippen LogP contribution is -2.20. The minimum atomic E-state index is -0.207. The van der Waals surface area contributed by atoms with Crippen molar-refractivity contribution in [1.82, 2.24) is 0 Å². The highest BCUT2D eigenvalue weighted by Gasteiger charge is 2.04. The molecule has 0 saturated carbocycles. The van der Waals surface area contributed by atoms with Crippen molar-refractivity contribution in [3.05, 3.63) is 59.7 Å². The Hall–Kier alpha value is -2.80. The molecule has 1 amide bonds. The second-order valence-corrected chi connectivity index (χ2v) is 4.69. The fraction of sp³-hybridized carbons (Fsp3) is 0.176. The highest BCUT2D eigenvalue weighted by Crippen LogP contribution is 2.13. The molecule has 0 aromatic heterocycles. The molecule has 4 heteroatoms. The minimum absolute atomic E-state index is 0.0501. The number of amides is 1. The van der Waals surface area contributed by atoms with Gasteiger partial charge in [-0.2, -0.15) is 5.26 Å². The lowest BCUT2D eigenvalue weighted by molar-refractivity contribution is -0.118. The number of carbonyl (C=O) groups is 1. The summed E-state index contributed by atoms with van der Waals surface area (Å²) in [6, 6.07) is 16.8. The van der Waals surface area contributed by atoms with Gasteiger partial charge in [0.2, 0.25) is 0 Å². The molecule has 0 aliphatic carbocycles. The molecule has 0 aliphatic rings. The van der Waals surface area contributed by atoms with E-state index in [-0.39, 0.29) is 12.5 Å². The highest BCUT2D eigenvalue weighted by atomic mass is 16.5. The van der Waals surface area contributed by atoms with Crippen LogP contribution in [0.5, 0.6) is 5.75 Å². The van der Waals surface area contributed by atoms with E-state index in [4.69, 9.17) is 10.00 Å². The van der Waals surface area contributed by atoms with E-state index in [2.05, 4.69) is 11.4 Å². The van der Waals surface area contributed by atoms with Crippen LogP contribution in [-0.2, 0) is 11.2 Å². The summed E-state index contributed by atoms with van der Waals surface area (Å²) in [5.74, 6) is 0.401.